The highest BCUT2D eigenvalue weighted by molar-refractivity contribution is 7.89. The zero-order valence-electron chi connectivity index (χ0n) is 18.8. The summed E-state index contributed by atoms with van der Waals surface area (Å²) in [6.45, 7) is 6.84. The van der Waals surface area contributed by atoms with Gasteiger partial charge in [0.2, 0.25) is 11.0 Å². The Morgan fingerprint density at radius 3 is 2.22 bits per heavy atom. The molecule has 1 saturated heterocycles. The fraction of sp³-hybridized carbons (Fsp3) is 0.478. The topological polar surface area (TPSA) is 99.9 Å². The summed E-state index contributed by atoms with van der Waals surface area (Å²) < 4.78 is 32.6. The van der Waals surface area contributed by atoms with E-state index in [0.29, 0.717) is 32.6 Å². The average Bonchev–Trinajstić information content (AvgIpc) is 3.24. The number of hydrogen-bond donors (Lipinski definition) is 1. The summed E-state index contributed by atoms with van der Waals surface area (Å²) in [5.74, 6) is -0.312. The Labute approximate surface area is 189 Å². The molecule has 0 atom stereocenters. The Morgan fingerprint density at radius 2 is 1.59 bits per heavy atom. The van der Waals surface area contributed by atoms with Crippen LogP contribution in [0.5, 0.6) is 0 Å². The molecule has 0 bridgehead atoms. The Bertz CT molecular complexity index is 1030. The third-order valence-corrected chi connectivity index (χ3v) is 6.75. The number of amides is 2. The lowest BCUT2D eigenvalue weighted by atomic mass is 10.1. The van der Waals surface area contributed by atoms with Crippen molar-refractivity contribution in [1.29, 1.82) is 0 Å². The summed E-state index contributed by atoms with van der Waals surface area (Å²) in [7, 11) is -3.85. The van der Waals surface area contributed by atoms with Crippen molar-refractivity contribution in [3.63, 3.8) is 0 Å². The van der Waals surface area contributed by atoms with Crippen molar-refractivity contribution < 1.29 is 22.4 Å². The molecule has 1 aliphatic rings. The number of aryl methyl sites for hydroxylation is 1. The molecule has 1 aromatic carbocycles. The average molecular weight is 462 g/mol. The second-order valence-electron chi connectivity index (χ2n) is 8.99. The number of carbonyl (C=O) groups excluding carboxylic acids is 2. The van der Waals surface area contributed by atoms with Gasteiger partial charge in [0, 0.05) is 38.1 Å². The number of hydrogen-bond acceptors (Lipinski definition) is 5. The van der Waals surface area contributed by atoms with E-state index in [1.54, 1.807) is 30.6 Å². The zero-order chi connectivity index (χ0) is 23.4. The highest BCUT2D eigenvalue weighted by Gasteiger charge is 2.29. The van der Waals surface area contributed by atoms with E-state index in [1.807, 2.05) is 18.2 Å². The quantitative estimate of drug-likeness (QED) is 0.683. The van der Waals surface area contributed by atoms with E-state index in [1.165, 1.54) is 17.7 Å². The van der Waals surface area contributed by atoms with Crippen molar-refractivity contribution in [2.45, 2.75) is 50.7 Å². The molecule has 1 aromatic heterocycles. The highest BCUT2D eigenvalue weighted by Crippen LogP contribution is 2.19. The number of rotatable bonds is 7. The molecule has 32 heavy (non-hydrogen) atoms. The molecule has 0 aliphatic carbocycles. The summed E-state index contributed by atoms with van der Waals surface area (Å²) in [5.41, 5.74) is 0.549. The third-order valence-electron chi connectivity index (χ3n) is 5.12. The maximum Gasteiger partial charge on any atom is 0.289 e. The second-order valence-corrected chi connectivity index (χ2v) is 10.6. The SMILES string of the molecule is CC(C)(C)NS(=O)(=O)c1ccc(C(=O)N2CCN(C(=O)CCCc3ccccc3)CC2)o1. The minimum Gasteiger partial charge on any atom is -0.438 e. The standard InChI is InChI=1S/C23H31N3O5S/c1-23(2,3)24-32(29,30)21-13-12-19(31-21)22(28)26-16-14-25(15-17-26)20(27)11-7-10-18-8-5-4-6-9-18/h4-6,8-9,12-13,24H,7,10-11,14-17H2,1-3H3. The van der Waals surface area contributed by atoms with E-state index in [4.69, 9.17) is 4.42 Å². The van der Waals surface area contributed by atoms with Gasteiger partial charge in [-0.25, -0.2) is 13.1 Å². The molecule has 0 unspecified atom stereocenters. The van der Waals surface area contributed by atoms with E-state index >= 15 is 0 Å². The number of furan rings is 1. The maximum atomic E-state index is 12.7. The van der Waals surface area contributed by atoms with Crippen molar-refractivity contribution in [1.82, 2.24) is 14.5 Å². The molecule has 0 saturated carbocycles. The Morgan fingerprint density at radius 1 is 0.969 bits per heavy atom. The fourth-order valence-corrected chi connectivity index (χ4v) is 4.95. The first-order valence-electron chi connectivity index (χ1n) is 10.8. The van der Waals surface area contributed by atoms with Crippen LogP contribution in [-0.4, -0.2) is 61.7 Å². The van der Waals surface area contributed by atoms with E-state index < -0.39 is 15.6 Å². The van der Waals surface area contributed by atoms with Crippen LogP contribution in [0.2, 0.25) is 0 Å². The molecule has 0 radical (unpaired) electrons. The molecule has 2 aromatic rings. The van der Waals surface area contributed by atoms with Crippen molar-refractivity contribution in [3.8, 4) is 0 Å². The van der Waals surface area contributed by atoms with Gasteiger partial charge >= 0.3 is 0 Å². The van der Waals surface area contributed by atoms with Crippen molar-refractivity contribution in [2.24, 2.45) is 0 Å². The number of sulfonamides is 1. The predicted octanol–water partition coefficient (Wildman–Crippen LogP) is 2.66. The Hall–Kier alpha value is -2.65. The molecule has 0 spiro atoms. The van der Waals surface area contributed by atoms with Gasteiger partial charge in [-0.05, 0) is 51.3 Å². The van der Waals surface area contributed by atoms with Gasteiger partial charge in [0.05, 0.1) is 0 Å². The lowest BCUT2D eigenvalue weighted by molar-refractivity contribution is -0.132. The van der Waals surface area contributed by atoms with Gasteiger partial charge in [0.1, 0.15) is 0 Å². The molecular weight excluding hydrogens is 430 g/mol. The number of nitrogens with zero attached hydrogens (tertiary/aromatic N) is 2. The predicted molar refractivity (Wildman–Crippen MR) is 121 cm³/mol. The fourth-order valence-electron chi connectivity index (χ4n) is 3.59. The molecular formula is C23H31N3O5S. The minimum atomic E-state index is -3.85. The number of benzene rings is 1. The second kappa shape index (κ2) is 9.87. The zero-order valence-corrected chi connectivity index (χ0v) is 19.7. The molecule has 1 aliphatic heterocycles. The monoisotopic (exact) mass is 461 g/mol. The van der Waals surface area contributed by atoms with Crippen LogP contribution in [0.25, 0.3) is 0 Å². The molecule has 1 N–H and O–H groups in total. The van der Waals surface area contributed by atoms with Gasteiger partial charge in [-0.15, -0.1) is 0 Å². The van der Waals surface area contributed by atoms with Crippen LogP contribution in [0.1, 0.15) is 49.7 Å². The number of piperazine rings is 1. The molecule has 174 valence electrons. The smallest absolute Gasteiger partial charge is 0.289 e. The number of nitrogens with one attached hydrogen (secondary N) is 1. The Kier molecular flexibility index (Phi) is 7.40. The maximum absolute atomic E-state index is 12.7. The van der Waals surface area contributed by atoms with E-state index in [9.17, 15) is 18.0 Å². The van der Waals surface area contributed by atoms with Crippen molar-refractivity contribution >= 4 is 21.8 Å². The minimum absolute atomic E-state index is 0.0260. The van der Waals surface area contributed by atoms with Gasteiger partial charge in [0.15, 0.2) is 5.76 Å². The van der Waals surface area contributed by atoms with Crippen LogP contribution < -0.4 is 4.72 Å². The van der Waals surface area contributed by atoms with Crippen LogP contribution >= 0.6 is 0 Å². The first-order chi connectivity index (χ1) is 15.0. The van der Waals surface area contributed by atoms with E-state index in [-0.39, 0.29) is 22.7 Å². The van der Waals surface area contributed by atoms with E-state index in [2.05, 4.69) is 16.9 Å². The van der Waals surface area contributed by atoms with E-state index in [0.717, 1.165) is 12.8 Å². The molecule has 3 rings (SSSR count). The summed E-state index contributed by atoms with van der Waals surface area (Å²) in [5, 5.41) is -0.289. The summed E-state index contributed by atoms with van der Waals surface area (Å²) in [6.07, 6.45) is 2.12. The summed E-state index contributed by atoms with van der Waals surface area (Å²) >= 11 is 0. The van der Waals surface area contributed by atoms with Crippen LogP contribution in [0.15, 0.2) is 52.0 Å². The first-order valence-corrected chi connectivity index (χ1v) is 12.3. The van der Waals surface area contributed by atoms with Crippen molar-refractivity contribution in [2.75, 3.05) is 26.2 Å². The van der Waals surface area contributed by atoms with Crippen molar-refractivity contribution in [3.05, 3.63) is 53.8 Å². The van der Waals surface area contributed by atoms with Crippen LogP contribution in [0.4, 0.5) is 0 Å². The van der Waals surface area contributed by atoms with Gasteiger partial charge in [-0.3, -0.25) is 9.59 Å². The summed E-state index contributed by atoms with van der Waals surface area (Å²) in [4.78, 5) is 28.6. The highest BCUT2D eigenvalue weighted by atomic mass is 32.2. The lowest BCUT2D eigenvalue weighted by Crippen LogP contribution is -2.50. The van der Waals surface area contributed by atoms with Gasteiger partial charge in [-0.1, -0.05) is 30.3 Å². The van der Waals surface area contributed by atoms with Crippen LogP contribution in [0.3, 0.4) is 0 Å². The number of carbonyl (C=O) groups is 2. The molecule has 9 heteroatoms. The van der Waals surface area contributed by atoms with Crippen LogP contribution in [0, 0.1) is 0 Å². The first kappa shape index (κ1) is 24.0. The third kappa shape index (κ3) is 6.43. The van der Waals surface area contributed by atoms with Crippen LogP contribution in [-0.2, 0) is 21.2 Å². The lowest BCUT2D eigenvalue weighted by Gasteiger charge is -2.34. The molecule has 2 heterocycles. The molecule has 8 nitrogen and oxygen atoms in total. The largest absolute Gasteiger partial charge is 0.438 e. The normalized spacial score (nSPS) is 15.1. The van der Waals surface area contributed by atoms with Gasteiger partial charge in [-0.2, -0.15) is 0 Å². The molecule has 2 amide bonds. The Balaban J connectivity index is 1.49. The van der Waals surface area contributed by atoms with Gasteiger partial charge in [0.25, 0.3) is 15.9 Å². The summed E-state index contributed by atoms with van der Waals surface area (Å²) in [6, 6.07) is 12.7. The van der Waals surface area contributed by atoms with Gasteiger partial charge < -0.3 is 14.2 Å². The molecule has 1 fully saturated rings.